The number of hydrogen-bond donors (Lipinski definition) is 2. The molecule has 2 fully saturated rings. The van der Waals surface area contributed by atoms with E-state index in [1.54, 1.807) is 0 Å². The second-order valence-corrected chi connectivity index (χ2v) is 7.57. The van der Waals surface area contributed by atoms with Crippen LogP contribution in [0.25, 0.3) is 0 Å². The van der Waals surface area contributed by atoms with Crippen LogP contribution in [-0.4, -0.2) is 30.0 Å². The molecular formula is C19H25NO3. The summed E-state index contributed by atoms with van der Waals surface area (Å²) in [4.78, 5) is 11.4. The first-order valence-electron chi connectivity index (χ1n) is 8.85. The smallest absolute Gasteiger partial charge is 0.407 e. The number of carbonyl (C=O) groups excluding carboxylic acids is 1. The molecule has 3 aliphatic rings. The molecule has 0 aromatic heterocycles. The maximum absolute atomic E-state index is 11.4. The van der Waals surface area contributed by atoms with Crippen LogP contribution >= 0.6 is 0 Å². The average Bonchev–Trinajstić information content (AvgIpc) is 3.14. The summed E-state index contributed by atoms with van der Waals surface area (Å²) in [5.41, 5.74) is 4.25. The molecule has 1 spiro atoms. The van der Waals surface area contributed by atoms with Gasteiger partial charge in [0.15, 0.2) is 0 Å². The van der Waals surface area contributed by atoms with Crippen molar-refractivity contribution < 1.29 is 14.6 Å². The number of hydrogen-bond acceptors (Lipinski definition) is 3. The van der Waals surface area contributed by atoms with Crippen molar-refractivity contribution in [2.24, 2.45) is 5.92 Å². The van der Waals surface area contributed by atoms with E-state index in [2.05, 4.69) is 23.5 Å². The summed E-state index contributed by atoms with van der Waals surface area (Å²) in [6.07, 6.45) is 7.21. The predicted molar refractivity (Wildman–Crippen MR) is 87.5 cm³/mol. The summed E-state index contributed by atoms with van der Waals surface area (Å²) in [6, 6.07) is 6.97. The van der Waals surface area contributed by atoms with Gasteiger partial charge in [-0.2, -0.15) is 0 Å². The van der Waals surface area contributed by atoms with Crippen molar-refractivity contribution >= 4 is 6.09 Å². The molecule has 1 saturated heterocycles. The third-order valence-electron chi connectivity index (χ3n) is 6.02. The van der Waals surface area contributed by atoms with Crippen LogP contribution in [-0.2, 0) is 17.6 Å². The molecule has 1 heterocycles. The monoisotopic (exact) mass is 315 g/mol. The molecule has 4 heteroatoms. The van der Waals surface area contributed by atoms with Crippen molar-refractivity contribution in [3.63, 3.8) is 0 Å². The number of cyclic esters (lactones) is 1. The number of aryl methyl sites for hydroxylation is 1. The Kier molecular flexibility index (Phi) is 3.80. The maximum Gasteiger partial charge on any atom is 0.407 e. The summed E-state index contributed by atoms with van der Waals surface area (Å²) < 4.78 is 5.13. The molecule has 1 aliphatic heterocycles. The van der Waals surface area contributed by atoms with E-state index in [1.807, 2.05) is 0 Å². The van der Waals surface area contributed by atoms with Gasteiger partial charge in [0.1, 0.15) is 6.61 Å². The van der Waals surface area contributed by atoms with Crippen LogP contribution in [0.15, 0.2) is 18.2 Å². The zero-order valence-corrected chi connectivity index (χ0v) is 13.5. The lowest BCUT2D eigenvalue weighted by molar-refractivity contribution is 0.172. The van der Waals surface area contributed by atoms with Gasteiger partial charge in [-0.15, -0.1) is 0 Å². The number of aliphatic hydroxyl groups is 1. The van der Waals surface area contributed by atoms with Crippen LogP contribution in [0.3, 0.4) is 0 Å². The Balaban J connectivity index is 1.48. The van der Waals surface area contributed by atoms with E-state index < -0.39 is 0 Å². The Bertz CT molecular complexity index is 615. The molecule has 0 radical (unpaired) electrons. The van der Waals surface area contributed by atoms with Crippen molar-refractivity contribution in [2.75, 3.05) is 13.2 Å². The summed E-state index contributed by atoms with van der Waals surface area (Å²) in [5.74, 6) is 1.16. The number of amides is 1. The predicted octanol–water partition coefficient (Wildman–Crippen LogP) is 2.92. The number of alkyl carbamates (subject to hydrolysis) is 1. The van der Waals surface area contributed by atoms with Gasteiger partial charge in [0.25, 0.3) is 0 Å². The highest BCUT2D eigenvalue weighted by atomic mass is 16.6. The van der Waals surface area contributed by atoms with E-state index in [0.717, 1.165) is 38.5 Å². The van der Waals surface area contributed by atoms with Gasteiger partial charge in [0.2, 0.25) is 0 Å². The van der Waals surface area contributed by atoms with Crippen molar-refractivity contribution in [3.05, 3.63) is 34.9 Å². The van der Waals surface area contributed by atoms with Crippen molar-refractivity contribution in [2.45, 2.75) is 56.4 Å². The van der Waals surface area contributed by atoms with Crippen LogP contribution in [0, 0.1) is 5.92 Å². The van der Waals surface area contributed by atoms with Crippen LogP contribution in [0.1, 0.15) is 54.7 Å². The second kappa shape index (κ2) is 5.82. The highest BCUT2D eigenvalue weighted by Crippen LogP contribution is 2.43. The Hall–Kier alpha value is -1.55. The zero-order valence-electron chi connectivity index (χ0n) is 13.5. The first kappa shape index (κ1) is 15.0. The lowest BCUT2D eigenvalue weighted by Gasteiger charge is -2.25. The number of aliphatic hydroxyl groups excluding tert-OH is 1. The largest absolute Gasteiger partial charge is 0.447 e. The molecule has 1 aromatic carbocycles. The molecule has 2 aliphatic carbocycles. The third kappa shape index (κ3) is 2.85. The van der Waals surface area contributed by atoms with E-state index in [0.29, 0.717) is 25.0 Å². The molecule has 1 amide bonds. The Morgan fingerprint density at radius 2 is 2.22 bits per heavy atom. The summed E-state index contributed by atoms with van der Waals surface area (Å²) in [7, 11) is 0. The Morgan fingerprint density at radius 1 is 1.30 bits per heavy atom. The van der Waals surface area contributed by atoms with Gasteiger partial charge in [0.05, 0.1) is 5.54 Å². The van der Waals surface area contributed by atoms with Crippen molar-refractivity contribution in [1.29, 1.82) is 0 Å². The normalized spacial score (nSPS) is 32.7. The van der Waals surface area contributed by atoms with E-state index in [9.17, 15) is 4.79 Å². The van der Waals surface area contributed by atoms with Crippen LogP contribution in [0.5, 0.6) is 0 Å². The molecule has 1 aromatic rings. The maximum atomic E-state index is 11.4. The van der Waals surface area contributed by atoms with E-state index in [4.69, 9.17) is 9.84 Å². The summed E-state index contributed by atoms with van der Waals surface area (Å²) >= 11 is 0. The molecule has 1 saturated carbocycles. The minimum atomic E-state index is -0.258. The van der Waals surface area contributed by atoms with Crippen molar-refractivity contribution in [3.8, 4) is 0 Å². The Morgan fingerprint density at radius 3 is 3.00 bits per heavy atom. The van der Waals surface area contributed by atoms with Gasteiger partial charge in [-0.05, 0) is 73.5 Å². The van der Waals surface area contributed by atoms with Crippen molar-refractivity contribution in [1.82, 2.24) is 5.32 Å². The van der Waals surface area contributed by atoms with Gasteiger partial charge < -0.3 is 15.2 Å². The van der Waals surface area contributed by atoms with Crippen LogP contribution in [0.2, 0.25) is 0 Å². The fraction of sp³-hybridized carbons (Fsp3) is 0.632. The molecule has 3 atom stereocenters. The van der Waals surface area contributed by atoms with Gasteiger partial charge in [-0.1, -0.05) is 18.2 Å². The number of nitrogens with one attached hydrogen (secondary N) is 1. The van der Waals surface area contributed by atoms with Crippen LogP contribution in [0.4, 0.5) is 4.79 Å². The molecule has 2 N–H and O–H groups in total. The zero-order chi connectivity index (χ0) is 15.9. The fourth-order valence-corrected chi connectivity index (χ4v) is 4.68. The van der Waals surface area contributed by atoms with E-state index in [-0.39, 0.29) is 11.6 Å². The minimum Gasteiger partial charge on any atom is -0.447 e. The lowest BCUT2D eigenvalue weighted by atomic mass is 9.80. The molecule has 0 unspecified atom stereocenters. The fourth-order valence-electron chi connectivity index (χ4n) is 4.68. The first-order valence-corrected chi connectivity index (χ1v) is 8.85. The number of benzene rings is 1. The average molecular weight is 315 g/mol. The third-order valence-corrected chi connectivity index (χ3v) is 6.02. The highest BCUT2D eigenvalue weighted by molar-refractivity contribution is 5.70. The second-order valence-electron chi connectivity index (χ2n) is 7.57. The van der Waals surface area contributed by atoms with E-state index >= 15 is 0 Å². The Labute approximate surface area is 137 Å². The molecule has 124 valence electrons. The topological polar surface area (TPSA) is 58.6 Å². The lowest BCUT2D eigenvalue weighted by Crippen LogP contribution is -2.40. The van der Waals surface area contributed by atoms with E-state index in [1.165, 1.54) is 23.1 Å². The highest BCUT2D eigenvalue weighted by Gasteiger charge is 2.46. The minimum absolute atomic E-state index is 0.121. The van der Waals surface area contributed by atoms with Gasteiger partial charge in [-0.3, -0.25) is 0 Å². The number of rotatable bonds is 3. The van der Waals surface area contributed by atoms with Gasteiger partial charge in [0, 0.05) is 6.61 Å². The van der Waals surface area contributed by atoms with Gasteiger partial charge >= 0.3 is 6.09 Å². The van der Waals surface area contributed by atoms with Crippen LogP contribution < -0.4 is 5.32 Å². The quantitative estimate of drug-likeness (QED) is 0.901. The first-order chi connectivity index (χ1) is 11.2. The molecule has 4 rings (SSSR count). The number of fused-ring (bicyclic) bond motifs is 1. The molecular weight excluding hydrogens is 290 g/mol. The van der Waals surface area contributed by atoms with Gasteiger partial charge in [-0.25, -0.2) is 4.79 Å². The summed E-state index contributed by atoms with van der Waals surface area (Å²) in [6.45, 7) is 0.826. The standard InChI is InChI=1S/C19H25NO3/c21-8-6-13-1-2-15-10-16(4-3-14(15)9-13)17-5-7-19(11-17)12-23-18(22)20-19/h3-4,10,13,17,21H,1-2,5-9,11-12H2,(H,20,22)/t13-,17+,19-/m1/s1. The number of ether oxygens (including phenoxy) is 1. The SMILES string of the molecule is O=C1N[C@@]2(CC[C@H](c3ccc4c(c3)CC[C@H](CCO)C4)C2)CO1. The number of carbonyl (C=O) groups is 1. The molecule has 0 bridgehead atoms. The molecule has 23 heavy (non-hydrogen) atoms. The molecule has 4 nitrogen and oxygen atoms in total. The summed E-state index contributed by atoms with van der Waals surface area (Å²) in [5, 5.41) is 12.2.